The highest BCUT2D eigenvalue weighted by Crippen LogP contribution is 2.31. The number of allylic oxidation sites excluding steroid dienone is 6. The van der Waals surface area contributed by atoms with Crippen LogP contribution in [0.5, 0.6) is 0 Å². The number of benzene rings is 2. The molecule has 0 saturated heterocycles. The van der Waals surface area contributed by atoms with Gasteiger partial charge in [0, 0.05) is 48.8 Å². The lowest BCUT2D eigenvalue weighted by atomic mass is 9.87. The van der Waals surface area contributed by atoms with E-state index in [9.17, 15) is 9.59 Å². The van der Waals surface area contributed by atoms with E-state index in [2.05, 4.69) is 72.6 Å². The summed E-state index contributed by atoms with van der Waals surface area (Å²) < 4.78 is 7.12. The molecule has 1 fully saturated rings. The molecule has 2 aliphatic rings. The summed E-state index contributed by atoms with van der Waals surface area (Å²) in [5.74, 6) is 1.38. The Bertz CT molecular complexity index is 1590. The van der Waals surface area contributed by atoms with Crippen molar-refractivity contribution in [2.45, 2.75) is 78.7 Å². The molecule has 45 heavy (non-hydrogen) atoms. The average molecular weight is 608 g/mol. The van der Waals surface area contributed by atoms with Crippen LogP contribution in [0.3, 0.4) is 0 Å². The maximum atomic E-state index is 13.7. The van der Waals surface area contributed by atoms with Crippen molar-refractivity contribution in [1.82, 2.24) is 15.1 Å². The highest BCUT2D eigenvalue weighted by atomic mass is 16.5. The van der Waals surface area contributed by atoms with E-state index in [1.54, 1.807) is 7.11 Å². The van der Waals surface area contributed by atoms with Crippen LogP contribution in [0.25, 0.3) is 16.5 Å². The lowest BCUT2D eigenvalue weighted by Crippen LogP contribution is -2.27. The third-order valence-electron chi connectivity index (χ3n) is 9.58. The van der Waals surface area contributed by atoms with E-state index in [4.69, 9.17) is 9.84 Å². The number of aryl methyl sites for hydroxylation is 2. The highest BCUT2D eigenvalue weighted by molar-refractivity contribution is 6.00. The van der Waals surface area contributed by atoms with Gasteiger partial charge in [-0.05, 0) is 98.2 Å². The first-order valence-corrected chi connectivity index (χ1v) is 16.8. The number of rotatable bonds is 9. The van der Waals surface area contributed by atoms with Crippen molar-refractivity contribution in [3.05, 3.63) is 94.7 Å². The van der Waals surface area contributed by atoms with E-state index in [-0.39, 0.29) is 11.8 Å². The zero-order chi connectivity index (χ0) is 31.8. The molecule has 1 amide bonds. The lowest BCUT2D eigenvalue weighted by Gasteiger charge is -2.17. The van der Waals surface area contributed by atoms with E-state index in [0.717, 1.165) is 85.5 Å². The molecule has 6 heteroatoms. The van der Waals surface area contributed by atoms with Crippen LogP contribution in [0.4, 0.5) is 0 Å². The van der Waals surface area contributed by atoms with Crippen molar-refractivity contribution < 1.29 is 14.3 Å². The Hall–Kier alpha value is -3.77. The van der Waals surface area contributed by atoms with Crippen molar-refractivity contribution in [1.29, 1.82) is 0 Å². The largest absolute Gasteiger partial charge is 0.383 e. The molecule has 6 nitrogen and oxygen atoms in total. The molecule has 3 unspecified atom stereocenters. The zero-order valence-electron chi connectivity index (χ0n) is 27.5. The van der Waals surface area contributed by atoms with Gasteiger partial charge in [0.05, 0.1) is 12.1 Å². The number of carbonyl (C=O) groups excluding carboxylic acids is 2. The normalized spacial score (nSPS) is 20.9. The Labute approximate surface area is 268 Å². The maximum Gasteiger partial charge on any atom is 0.251 e. The molecule has 5 rings (SSSR count). The van der Waals surface area contributed by atoms with Crippen LogP contribution in [0.15, 0.2) is 66.9 Å². The van der Waals surface area contributed by atoms with Gasteiger partial charge in [-0.15, -0.1) is 0 Å². The number of methoxy groups -OCH3 is 1. The number of nitrogens with zero attached hydrogens (tertiary/aromatic N) is 2. The van der Waals surface area contributed by atoms with Crippen molar-refractivity contribution in [3.63, 3.8) is 0 Å². The molecule has 238 valence electrons. The molecule has 3 aromatic rings. The van der Waals surface area contributed by atoms with E-state index in [0.29, 0.717) is 36.3 Å². The molecule has 1 aromatic heterocycles. The number of ketones is 1. The fourth-order valence-electron chi connectivity index (χ4n) is 6.91. The number of fused-ring (bicyclic) bond motifs is 1. The first-order valence-electron chi connectivity index (χ1n) is 16.8. The molecule has 2 aliphatic carbocycles. The van der Waals surface area contributed by atoms with Crippen molar-refractivity contribution in [2.75, 3.05) is 20.3 Å². The standard InChI is InChI=1S/C39H49N3O3/c1-27-10-7-15-31(16-8-11-27)34-19-18-33(24-28(34)2)38(43)32-14-6-5-12-30(13-9-17-32)25-42-26-36-29(3)35(20-21-37(36)41-42)39(44)40-22-23-45-4/h7-8,10,15-16,18-21,24,26-27,30,32H,5-6,9,11-14,17,22-23,25H2,1-4H3,(H,40,44). The summed E-state index contributed by atoms with van der Waals surface area (Å²) in [4.78, 5) is 26.4. The number of hydrogen-bond donors (Lipinski definition) is 1. The van der Waals surface area contributed by atoms with Gasteiger partial charge >= 0.3 is 0 Å². The first kappa shape index (κ1) is 32.6. The van der Waals surface area contributed by atoms with Gasteiger partial charge in [0.2, 0.25) is 0 Å². The van der Waals surface area contributed by atoms with E-state index in [1.165, 1.54) is 11.1 Å². The second-order valence-corrected chi connectivity index (χ2v) is 13.1. The highest BCUT2D eigenvalue weighted by Gasteiger charge is 2.23. The van der Waals surface area contributed by atoms with Gasteiger partial charge in [-0.25, -0.2) is 0 Å². The Morgan fingerprint density at radius 2 is 1.84 bits per heavy atom. The molecule has 0 spiro atoms. The monoisotopic (exact) mass is 607 g/mol. The summed E-state index contributed by atoms with van der Waals surface area (Å²) in [6.07, 6.45) is 21.6. The molecule has 0 radical (unpaired) electrons. The number of hydrogen-bond acceptors (Lipinski definition) is 4. The van der Waals surface area contributed by atoms with Gasteiger partial charge in [0.25, 0.3) is 5.91 Å². The molecule has 0 aliphatic heterocycles. The number of ether oxygens (including phenoxy) is 1. The van der Waals surface area contributed by atoms with Crippen molar-refractivity contribution >= 4 is 28.2 Å². The molecule has 0 bridgehead atoms. The third-order valence-corrected chi connectivity index (χ3v) is 9.58. The number of Topliss-reactive ketones (excluding diaryl/α,β-unsaturated/α-hetero) is 1. The van der Waals surface area contributed by atoms with E-state index < -0.39 is 0 Å². The molecule has 1 heterocycles. The summed E-state index contributed by atoms with van der Waals surface area (Å²) >= 11 is 0. The fourth-order valence-corrected chi connectivity index (χ4v) is 6.91. The molecule has 1 saturated carbocycles. The summed E-state index contributed by atoms with van der Waals surface area (Å²) in [5, 5.41) is 8.81. The number of amides is 1. The lowest BCUT2D eigenvalue weighted by molar-refractivity contribution is 0.0901. The van der Waals surface area contributed by atoms with E-state index in [1.807, 2.05) is 25.1 Å². The Balaban J connectivity index is 1.20. The maximum absolute atomic E-state index is 13.7. The summed E-state index contributed by atoms with van der Waals surface area (Å²) in [5.41, 5.74) is 6.96. The van der Waals surface area contributed by atoms with Gasteiger partial charge in [0.1, 0.15) is 0 Å². The molecular formula is C39H49N3O3. The van der Waals surface area contributed by atoms with Gasteiger partial charge in [-0.1, -0.05) is 68.7 Å². The van der Waals surface area contributed by atoms with Crippen LogP contribution in [0, 0.1) is 31.6 Å². The van der Waals surface area contributed by atoms with Crippen molar-refractivity contribution in [3.8, 4) is 0 Å². The van der Waals surface area contributed by atoms with Gasteiger partial charge in [-0.2, -0.15) is 5.10 Å². The number of nitrogens with one attached hydrogen (secondary N) is 1. The molecule has 3 atom stereocenters. The zero-order valence-corrected chi connectivity index (χ0v) is 27.5. The van der Waals surface area contributed by atoms with Crippen LogP contribution >= 0.6 is 0 Å². The second kappa shape index (κ2) is 15.5. The molecular weight excluding hydrogens is 558 g/mol. The predicted octanol–water partition coefficient (Wildman–Crippen LogP) is 8.42. The van der Waals surface area contributed by atoms with Crippen LogP contribution in [0.2, 0.25) is 0 Å². The molecule has 1 N–H and O–H groups in total. The second-order valence-electron chi connectivity index (χ2n) is 13.1. The minimum Gasteiger partial charge on any atom is -0.383 e. The van der Waals surface area contributed by atoms with Crippen LogP contribution in [0.1, 0.15) is 95.7 Å². The first-order chi connectivity index (χ1) is 21.8. The topological polar surface area (TPSA) is 73.2 Å². The van der Waals surface area contributed by atoms with Gasteiger partial charge < -0.3 is 10.1 Å². The van der Waals surface area contributed by atoms with Gasteiger partial charge in [-0.3, -0.25) is 14.3 Å². The van der Waals surface area contributed by atoms with Gasteiger partial charge in [0.15, 0.2) is 5.78 Å². The summed E-state index contributed by atoms with van der Waals surface area (Å²) in [6, 6.07) is 10.1. The van der Waals surface area contributed by atoms with Crippen LogP contribution < -0.4 is 5.32 Å². The number of aromatic nitrogens is 2. The smallest absolute Gasteiger partial charge is 0.251 e. The third kappa shape index (κ3) is 8.29. The SMILES string of the molecule is COCCNC(=O)c1ccc2nn(CC3CCCCC(C(=O)c4ccc(C5=CC=CC(C)CC=C5)c(C)c4)CCC3)cc2c1C. The van der Waals surface area contributed by atoms with Crippen molar-refractivity contribution in [2.24, 2.45) is 17.8 Å². The predicted molar refractivity (Wildman–Crippen MR) is 184 cm³/mol. The minimum absolute atomic E-state index is 0.0812. The van der Waals surface area contributed by atoms with E-state index >= 15 is 0 Å². The Morgan fingerprint density at radius 3 is 2.67 bits per heavy atom. The quantitative estimate of drug-likeness (QED) is 0.196. The van der Waals surface area contributed by atoms with Crippen LogP contribution in [-0.4, -0.2) is 41.7 Å². The van der Waals surface area contributed by atoms with Crippen LogP contribution in [-0.2, 0) is 11.3 Å². The number of carbonyl (C=O) groups is 2. The Morgan fingerprint density at radius 1 is 1.04 bits per heavy atom. The fraction of sp³-hybridized carbons (Fsp3) is 0.462. The minimum atomic E-state index is -0.0812. The Kier molecular flexibility index (Phi) is 11.2. The molecule has 2 aromatic carbocycles. The summed E-state index contributed by atoms with van der Waals surface area (Å²) in [6.45, 7) is 8.19. The average Bonchev–Trinajstić information content (AvgIpc) is 3.47. The summed E-state index contributed by atoms with van der Waals surface area (Å²) in [7, 11) is 1.63.